The van der Waals surface area contributed by atoms with Gasteiger partial charge in [0.25, 0.3) is 5.91 Å². The third kappa shape index (κ3) is 2.10. The molecular formula is C19H15N3O2. The monoisotopic (exact) mass is 317 g/mol. The van der Waals surface area contributed by atoms with E-state index in [9.17, 15) is 4.79 Å². The van der Waals surface area contributed by atoms with Crippen LogP contribution in [0.2, 0.25) is 0 Å². The van der Waals surface area contributed by atoms with Crippen LogP contribution in [0.4, 0.5) is 0 Å². The van der Waals surface area contributed by atoms with Gasteiger partial charge >= 0.3 is 0 Å². The number of amides is 1. The number of ether oxygens (including phenoxy) is 1. The molecular weight excluding hydrogens is 302 g/mol. The Morgan fingerprint density at radius 3 is 2.62 bits per heavy atom. The number of nitrogens with one attached hydrogen (secondary N) is 1. The van der Waals surface area contributed by atoms with Crippen molar-refractivity contribution in [1.29, 1.82) is 0 Å². The number of aromatic nitrogens is 2. The number of nitrogens with zero attached hydrogens (tertiary/aromatic N) is 1. The highest BCUT2D eigenvalue weighted by atomic mass is 16.5. The maximum atomic E-state index is 11.7. The molecule has 0 radical (unpaired) electrons. The number of rotatable bonds is 3. The van der Waals surface area contributed by atoms with Crippen LogP contribution in [0, 0.1) is 0 Å². The van der Waals surface area contributed by atoms with E-state index < -0.39 is 5.91 Å². The van der Waals surface area contributed by atoms with Crippen molar-refractivity contribution in [3.05, 3.63) is 60.2 Å². The molecule has 1 aromatic heterocycles. The second-order valence-electron chi connectivity index (χ2n) is 5.57. The molecule has 0 unspecified atom stereocenters. The molecule has 0 saturated carbocycles. The third-order valence-corrected chi connectivity index (χ3v) is 4.18. The van der Waals surface area contributed by atoms with Crippen LogP contribution in [0.1, 0.15) is 10.4 Å². The second kappa shape index (κ2) is 5.38. The molecule has 5 nitrogen and oxygen atoms in total. The Labute approximate surface area is 138 Å². The summed E-state index contributed by atoms with van der Waals surface area (Å²) in [6, 6.07) is 17.7. The Morgan fingerprint density at radius 2 is 1.88 bits per heavy atom. The number of fused-ring (bicyclic) bond motifs is 2. The zero-order valence-electron chi connectivity index (χ0n) is 13.0. The Morgan fingerprint density at radius 1 is 1.08 bits per heavy atom. The minimum Gasteiger partial charge on any atom is -0.495 e. The summed E-state index contributed by atoms with van der Waals surface area (Å²) in [5.41, 5.74) is 8.27. The van der Waals surface area contributed by atoms with E-state index in [1.165, 1.54) is 7.11 Å². The summed E-state index contributed by atoms with van der Waals surface area (Å²) in [4.78, 5) is 11.7. The van der Waals surface area contributed by atoms with Crippen molar-refractivity contribution in [2.24, 2.45) is 5.73 Å². The molecule has 0 bridgehead atoms. The molecule has 0 spiro atoms. The first-order valence-electron chi connectivity index (χ1n) is 7.53. The number of hydrogen-bond donors (Lipinski definition) is 2. The highest BCUT2D eigenvalue weighted by Crippen LogP contribution is 2.36. The number of hydrogen-bond acceptors (Lipinski definition) is 3. The van der Waals surface area contributed by atoms with Gasteiger partial charge in [0.2, 0.25) is 0 Å². The summed E-state index contributed by atoms with van der Waals surface area (Å²) >= 11 is 0. The van der Waals surface area contributed by atoms with Crippen LogP contribution in [0.15, 0.2) is 54.6 Å². The van der Waals surface area contributed by atoms with E-state index in [0.717, 1.165) is 32.9 Å². The number of methoxy groups -OCH3 is 1. The zero-order chi connectivity index (χ0) is 16.7. The average molecular weight is 317 g/mol. The lowest BCUT2D eigenvalue weighted by Crippen LogP contribution is -2.12. The van der Waals surface area contributed by atoms with Crippen molar-refractivity contribution in [2.75, 3.05) is 7.11 Å². The number of nitrogens with two attached hydrogens (primary N) is 1. The summed E-state index contributed by atoms with van der Waals surface area (Å²) in [5.74, 6) is -0.0867. The van der Waals surface area contributed by atoms with Gasteiger partial charge in [0.15, 0.2) is 0 Å². The van der Waals surface area contributed by atoms with Crippen LogP contribution in [0.25, 0.3) is 32.9 Å². The van der Waals surface area contributed by atoms with Crippen LogP contribution in [0.3, 0.4) is 0 Å². The summed E-state index contributed by atoms with van der Waals surface area (Å²) < 4.78 is 5.47. The molecule has 0 aliphatic heterocycles. The molecule has 24 heavy (non-hydrogen) atoms. The lowest BCUT2D eigenvalue weighted by atomic mass is 10.0. The Balaban J connectivity index is 2.01. The molecule has 0 aliphatic rings. The quantitative estimate of drug-likeness (QED) is 0.607. The number of carbonyl (C=O) groups is 1. The van der Waals surface area contributed by atoms with Crippen molar-refractivity contribution < 1.29 is 9.53 Å². The number of carbonyl (C=O) groups excluding carboxylic acids is 1. The fourth-order valence-corrected chi connectivity index (χ4v) is 3.03. The van der Waals surface area contributed by atoms with E-state index >= 15 is 0 Å². The molecule has 0 aliphatic carbocycles. The molecule has 0 fully saturated rings. The fourth-order valence-electron chi connectivity index (χ4n) is 3.03. The van der Waals surface area contributed by atoms with Crippen LogP contribution in [0.5, 0.6) is 5.75 Å². The summed E-state index contributed by atoms with van der Waals surface area (Å²) in [7, 11) is 1.53. The lowest BCUT2D eigenvalue weighted by molar-refractivity contribution is 0.0997. The summed E-state index contributed by atoms with van der Waals surface area (Å²) in [6.45, 7) is 0. The molecule has 4 rings (SSSR count). The Bertz CT molecular complexity index is 1080. The minimum absolute atomic E-state index is 0.341. The second-order valence-corrected chi connectivity index (χ2v) is 5.57. The molecule has 1 amide bonds. The lowest BCUT2D eigenvalue weighted by Gasteiger charge is -2.08. The largest absolute Gasteiger partial charge is 0.495 e. The predicted molar refractivity (Wildman–Crippen MR) is 94.1 cm³/mol. The van der Waals surface area contributed by atoms with Gasteiger partial charge in [-0.05, 0) is 29.0 Å². The third-order valence-electron chi connectivity index (χ3n) is 4.18. The van der Waals surface area contributed by atoms with E-state index in [-0.39, 0.29) is 0 Å². The highest BCUT2D eigenvalue weighted by Gasteiger charge is 2.19. The number of aromatic amines is 1. The molecule has 0 saturated heterocycles. The van der Waals surface area contributed by atoms with Crippen LogP contribution in [-0.2, 0) is 0 Å². The van der Waals surface area contributed by atoms with Crippen LogP contribution < -0.4 is 10.5 Å². The predicted octanol–water partition coefficient (Wildman–Crippen LogP) is 3.49. The number of H-pyrrole nitrogens is 1. The van der Waals surface area contributed by atoms with Gasteiger partial charge in [0.05, 0.1) is 23.6 Å². The maximum absolute atomic E-state index is 11.7. The van der Waals surface area contributed by atoms with Crippen molar-refractivity contribution >= 4 is 27.6 Å². The topological polar surface area (TPSA) is 81.0 Å². The van der Waals surface area contributed by atoms with Gasteiger partial charge in [0, 0.05) is 5.56 Å². The van der Waals surface area contributed by atoms with Gasteiger partial charge in [-0.2, -0.15) is 5.10 Å². The SMILES string of the molecule is COc1c(C(N)=O)ccc2[nH]nc(-c3ccc4ccccc4c3)c12. The van der Waals surface area contributed by atoms with Crippen molar-refractivity contribution in [1.82, 2.24) is 10.2 Å². The standard InChI is InChI=1S/C19H15N3O2/c1-24-18-14(19(20)23)8-9-15-16(18)17(22-21-15)13-7-6-11-4-2-3-5-12(11)10-13/h2-10H,1H3,(H2,20,23)(H,21,22). The molecule has 5 heteroatoms. The fraction of sp³-hybridized carbons (Fsp3) is 0.0526. The van der Waals surface area contributed by atoms with E-state index in [2.05, 4.69) is 34.5 Å². The zero-order valence-corrected chi connectivity index (χ0v) is 13.0. The van der Waals surface area contributed by atoms with E-state index in [1.54, 1.807) is 12.1 Å². The van der Waals surface area contributed by atoms with E-state index in [4.69, 9.17) is 10.5 Å². The van der Waals surface area contributed by atoms with Crippen molar-refractivity contribution in [3.63, 3.8) is 0 Å². The van der Waals surface area contributed by atoms with Gasteiger partial charge in [-0.15, -0.1) is 0 Å². The number of benzene rings is 3. The van der Waals surface area contributed by atoms with E-state index in [0.29, 0.717) is 11.3 Å². The molecule has 3 N–H and O–H groups in total. The smallest absolute Gasteiger partial charge is 0.252 e. The Kier molecular flexibility index (Phi) is 3.20. The van der Waals surface area contributed by atoms with Crippen molar-refractivity contribution in [2.45, 2.75) is 0 Å². The van der Waals surface area contributed by atoms with Gasteiger partial charge in [-0.3, -0.25) is 9.89 Å². The maximum Gasteiger partial charge on any atom is 0.252 e. The summed E-state index contributed by atoms with van der Waals surface area (Å²) in [6.07, 6.45) is 0. The molecule has 1 heterocycles. The molecule has 0 atom stereocenters. The average Bonchev–Trinajstić information content (AvgIpc) is 3.04. The van der Waals surface area contributed by atoms with Crippen LogP contribution in [-0.4, -0.2) is 23.2 Å². The van der Waals surface area contributed by atoms with Gasteiger partial charge in [-0.1, -0.05) is 36.4 Å². The summed E-state index contributed by atoms with van der Waals surface area (Å²) in [5, 5.41) is 10.5. The van der Waals surface area contributed by atoms with Gasteiger partial charge in [0.1, 0.15) is 11.4 Å². The highest BCUT2D eigenvalue weighted by molar-refractivity contribution is 6.07. The van der Waals surface area contributed by atoms with Crippen molar-refractivity contribution in [3.8, 4) is 17.0 Å². The first-order valence-corrected chi connectivity index (χ1v) is 7.53. The first kappa shape index (κ1) is 14.3. The molecule has 4 aromatic rings. The van der Waals surface area contributed by atoms with Gasteiger partial charge in [-0.25, -0.2) is 0 Å². The normalized spacial score (nSPS) is 11.0. The van der Waals surface area contributed by atoms with E-state index in [1.807, 2.05) is 18.2 Å². The Hall–Kier alpha value is -3.34. The number of primary amides is 1. The molecule has 3 aromatic carbocycles. The van der Waals surface area contributed by atoms with Gasteiger partial charge < -0.3 is 10.5 Å². The molecule has 118 valence electrons. The first-order chi connectivity index (χ1) is 11.7. The minimum atomic E-state index is -0.528. The van der Waals surface area contributed by atoms with Crippen LogP contribution >= 0.6 is 0 Å².